The van der Waals surface area contributed by atoms with Crippen LogP contribution in [0.4, 0.5) is 0 Å². The smallest absolute Gasteiger partial charge is 0.338 e. The van der Waals surface area contributed by atoms with E-state index in [1.807, 2.05) is 57.2 Å². The quantitative estimate of drug-likeness (QED) is 0.826. The Bertz CT molecular complexity index is 710. The summed E-state index contributed by atoms with van der Waals surface area (Å²) in [5.41, 5.74) is 3.60. The largest absolute Gasteiger partial charge is 0.449 e. The number of hydrogen-bond donors (Lipinski definition) is 1. The number of nitrogens with one attached hydrogen (secondary N) is 1. The molecule has 0 saturated heterocycles. The lowest BCUT2D eigenvalue weighted by Crippen LogP contribution is -2.37. The Hall–Kier alpha value is -2.62. The van der Waals surface area contributed by atoms with E-state index in [-0.39, 0.29) is 5.91 Å². The van der Waals surface area contributed by atoms with Crippen molar-refractivity contribution in [1.29, 1.82) is 0 Å². The van der Waals surface area contributed by atoms with Gasteiger partial charge in [-0.25, -0.2) is 4.79 Å². The normalized spacial score (nSPS) is 11.6. The molecule has 0 aromatic heterocycles. The zero-order valence-corrected chi connectivity index (χ0v) is 14.3. The number of carbonyl (C=O) groups excluding carboxylic acids is 2. The molecule has 0 aliphatic rings. The van der Waals surface area contributed by atoms with Gasteiger partial charge >= 0.3 is 5.97 Å². The number of ether oxygens (including phenoxy) is 1. The molecular formula is C20H23NO3. The third kappa shape index (κ3) is 4.69. The van der Waals surface area contributed by atoms with E-state index in [0.29, 0.717) is 18.5 Å². The Labute approximate surface area is 142 Å². The molecule has 126 valence electrons. The molecule has 0 saturated carbocycles. The van der Waals surface area contributed by atoms with E-state index in [9.17, 15) is 9.59 Å². The van der Waals surface area contributed by atoms with Crippen molar-refractivity contribution >= 4 is 11.9 Å². The summed E-state index contributed by atoms with van der Waals surface area (Å²) in [7, 11) is 0. The minimum atomic E-state index is -0.789. The molecule has 0 bridgehead atoms. The summed E-state index contributed by atoms with van der Waals surface area (Å²) < 4.78 is 5.38. The Morgan fingerprint density at radius 3 is 2.38 bits per heavy atom. The van der Waals surface area contributed by atoms with Gasteiger partial charge in [-0.05, 0) is 49.1 Å². The lowest BCUT2D eigenvalue weighted by atomic mass is 10.1. The van der Waals surface area contributed by atoms with Gasteiger partial charge in [0.2, 0.25) is 0 Å². The van der Waals surface area contributed by atoms with Gasteiger partial charge in [-0.3, -0.25) is 4.79 Å². The minimum absolute atomic E-state index is 0.279. The van der Waals surface area contributed by atoms with E-state index < -0.39 is 12.1 Å². The summed E-state index contributed by atoms with van der Waals surface area (Å²) in [5, 5.41) is 2.81. The molecule has 1 amide bonds. The van der Waals surface area contributed by atoms with Crippen LogP contribution in [0.3, 0.4) is 0 Å². The Kier molecular flexibility index (Phi) is 6.13. The number of aryl methyl sites for hydroxylation is 2. The highest BCUT2D eigenvalue weighted by Crippen LogP contribution is 2.12. The van der Waals surface area contributed by atoms with Crippen LogP contribution in [0, 0.1) is 13.8 Å². The van der Waals surface area contributed by atoms with E-state index in [4.69, 9.17) is 4.74 Å². The van der Waals surface area contributed by atoms with Crippen LogP contribution in [0.15, 0.2) is 48.5 Å². The van der Waals surface area contributed by atoms with Crippen molar-refractivity contribution in [1.82, 2.24) is 5.32 Å². The molecule has 4 nitrogen and oxygen atoms in total. The summed E-state index contributed by atoms with van der Waals surface area (Å²) in [6.45, 7) is 6.16. The highest BCUT2D eigenvalue weighted by atomic mass is 16.5. The molecule has 0 heterocycles. The van der Waals surface area contributed by atoms with Gasteiger partial charge in [0, 0.05) is 6.54 Å². The highest BCUT2D eigenvalue weighted by molar-refractivity contribution is 5.92. The van der Waals surface area contributed by atoms with E-state index in [2.05, 4.69) is 5.32 Å². The maximum Gasteiger partial charge on any atom is 0.338 e. The van der Waals surface area contributed by atoms with Gasteiger partial charge < -0.3 is 10.1 Å². The fourth-order valence-corrected chi connectivity index (χ4v) is 2.29. The summed E-state index contributed by atoms with van der Waals surface area (Å²) in [5.74, 6) is -0.752. The maximum atomic E-state index is 12.3. The van der Waals surface area contributed by atoms with E-state index in [1.165, 1.54) is 0 Å². The number of esters is 1. The molecule has 24 heavy (non-hydrogen) atoms. The fraction of sp³-hybridized carbons (Fsp3) is 0.300. The van der Waals surface area contributed by atoms with E-state index >= 15 is 0 Å². The van der Waals surface area contributed by atoms with E-state index in [0.717, 1.165) is 16.7 Å². The third-order valence-corrected chi connectivity index (χ3v) is 3.96. The zero-order chi connectivity index (χ0) is 17.5. The average Bonchev–Trinajstić information content (AvgIpc) is 2.60. The van der Waals surface area contributed by atoms with Crippen molar-refractivity contribution in [2.75, 3.05) is 0 Å². The molecule has 2 rings (SSSR count). The van der Waals surface area contributed by atoms with E-state index in [1.54, 1.807) is 12.1 Å². The van der Waals surface area contributed by atoms with Crippen LogP contribution in [0.1, 0.15) is 40.4 Å². The molecule has 0 spiro atoms. The van der Waals surface area contributed by atoms with Crippen LogP contribution in [0.5, 0.6) is 0 Å². The van der Waals surface area contributed by atoms with Crippen molar-refractivity contribution in [2.45, 2.75) is 39.8 Å². The van der Waals surface area contributed by atoms with Crippen molar-refractivity contribution in [2.24, 2.45) is 0 Å². The summed E-state index contributed by atoms with van der Waals surface area (Å²) in [6, 6.07) is 15.0. The van der Waals surface area contributed by atoms with Gasteiger partial charge in [-0.2, -0.15) is 0 Å². The summed E-state index contributed by atoms with van der Waals surface area (Å²) in [4.78, 5) is 24.5. The monoisotopic (exact) mass is 325 g/mol. The second-order valence-electron chi connectivity index (χ2n) is 5.80. The summed E-state index contributed by atoms with van der Waals surface area (Å²) >= 11 is 0. The number of hydrogen-bond acceptors (Lipinski definition) is 3. The first-order valence-corrected chi connectivity index (χ1v) is 8.11. The number of carbonyl (C=O) groups is 2. The minimum Gasteiger partial charge on any atom is -0.449 e. The predicted octanol–water partition coefficient (Wildman–Crippen LogP) is 3.56. The second kappa shape index (κ2) is 8.29. The van der Waals surface area contributed by atoms with Gasteiger partial charge in [0.1, 0.15) is 0 Å². The molecule has 0 aliphatic heterocycles. The van der Waals surface area contributed by atoms with Crippen LogP contribution in [0.25, 0.3) is 0 Å². The lowest BCUT2D eigenvalue weighted by Gasteiger charge is -2.16. The molecule has 4 heteroatoms. The predicted molar refractivity (Wildman–Crippen MR) is 93.7 cm³/mol. The van der Waals surface area contributed by atoms with Gasteiger partial charge in [0.05, 0.1) is 5.56 Å². The molecule has 2 aromatic rings. The first kappa shape index (κ1) is 17.7. The Morgan fingerprint density at radius 1 is 1.04 bits per heavy atom. The Morgan fingerprint density at radius 2 is 1.75 bits per heavy atom. The van der Waals surface area contributed by atoms with Crippen molar-refractivity contribution in [3.63, 3.8) is 0 Å². The fourth-order valence-electron chi connectivity index (χ4n) is 2.29. The van der Waals surface area contributed by atoms with Crippen LogP contribution >= 0.6 is 0 Å². The first-order chi connectivity index (χ1) is 11.5. The Balaban J connectivity index is 1.96. The zero-order valence-electron chi connectivity index (χ0n) is 14.3. The second-order valence-corrected chi connectivity index (χ2v) is 5.80. The molecule has 2 aromatic carbocycles. The van der Waals surface area contributed by atoms with Crippen LogP contribution in [0.2, 0.25) is 0 Å². The van der Waals surface area contributed by atoms with Gasteiger partial charge in [-0.15, -0.1) is 0 Å². The van der Waals surface area contributed by atoms with Crippen LogP contribution in [-0.4, -0.2) is 18.0 Å². The van der Waals surface area contributed by atoms with Crippen molar-refractivity contribution < 1.29 is 14.3 Å². The average molecular weight is 325 g/mol. The first-order valence-electron chi connectivity index (χ1n) is 8.11. The molecular weight excluding hydrogens is 302 g/mol. The van der Waals surface area contributed by atoms with Crippen LogP contribution < -0.4 is 5.32 Å². The molecule has 1 unspecified atom stereocenters. The van der Waals surface area contributed by atoms with Gasteiger partial charge in [0.15, 0.2) is 6.10 Å². The standard InChI is InChI=1S/C20H23NO3/c1-4-18(19(22)21-13-16-8-6-5-7-9-16)24-20(23)17-11-10-14(2)15(3)12-17/h5-12,18H,4,13H2,1-3H3,(H,21,22). The maximum absolute atomic E-state index is 12.3. The van der Waals surface area contributed by atoms with Gasteiger partial charge in [-0.1, -0.05) is 43.3 Å². The third-order valence-electron chi connectivity index (χ3n) is 3.96. The van der Waals surface area contributed by atoms with Crippen molar-refractivity contribution in [3.05, 3.63) is 70.8 Å². The molecule has 0 radical (unpaired) electrons. The number of amides is 1. The molecule has 1 atom stereocenters. The molecule has 0 fully saturated rings. The SMILES string of the molecule is CCC(OC(=O)c1ccc(C)c(C)c1)C(=O)NCc1ccccc1. The molecule has 1 N–H and O–H groups in total. The van der Waals surface area contributed by atoms with Crippen LogP contribution in [-0.2, 0) is 16.1 Å². The summed E-state index contributed by atoms with van der Waals surface area (Å²) in [6.07, 6.45) is -0.361. The topological polar surface area (TPSA) is 55.4 Å². The number of rotatable bonds is 6. The van der Waals surface area contributed by atoms with Gasteiger partial charge in [0.25, 0.3) is 5.91 Å². The lowest BCUT2D eigenvalue weighted by molar-refractivity contribution is -0.130. The molecule has 0 aliphatic carbocycles. The van der Waals surface area contributed by atoms with Crippen molar-refractivity contribution in [3.8, 4) is 0 Å². The number of benzene rings is 2. The highest BCUT2D eigenvalue weighted by Gasteiger charge is 2.21.